The van der Waals surface area contributed by atoms with Crippen LogP contribution >= 0.6 is 0 Å². The van der Waals surface area contributed by atoms with Crippen molar-refractivity contribution in [1.29, 1.82) is 0 Å². The van der Waals surface area contributed by atoms with Crippen molar-refractivity contribution in [3.8, 4) is 0 Å². The number of allylic oxidation sites excluding steroid dienone is 2. The molecule has 0 fully saturated rings. The zero-order valence-electron chi connectivity index (χ0n) is 26.5. The average molecular weight is 583 g/mol. The van der Waals surface area contributed by atoms with Crippen LogP contribution in [-0.2, 0) is 14.4 Å². The lowest BCUT2D eigenvalue weighted by Crippen LogP contribution is -2.51. The molecule has 41 heavy (non-hydrogen) atoms. The van der Waals surface area contributed by atoms with Gasteiger partial charge in [0.1, 0.15) is 0 Å². The number of unbranched alkanes of at least 4 members (excludes halogenated alkanes) is 16. The maximum Gasteiger partial charge on any atom is 0.303 e. The van der Waals surface area contributed by atoms with Crippen LogP contribution in [0.2, 0.25) is 0 Å². The third-order valence-corrected chi connectivity index (χ3v) is 8.21. The van der Waals surface area contributed by atoms with E-state index in [4.69, 9.17) is 15.3 Å². The first-order valence-corrected chi connectivity index (χ1v) is 17.0. The van der Waals surface area contributed by atoms with E-state index in [0.29, 0.717) is 19.3 Å². The van der Waals surface area contributed by atoms with Gasteiger partial charge in [0, 0.05) is 19.3 Å². The van der Waals surface area contributed by atoms with Gasteiger partial charge in [-0.25, -0.2) is 0 Å². The molecule has 0 aromatic heterocycles. The fourth-order valence-electron chi connectivity index (χ4n) is 5.71. The van der Waals surface area contributed by atoms with Crippen LogP contribution in [0.25, 0.3) is 0 Å². The maximum atomic E-state index is 11.0. The van der Waals surface area contributed by atoms with E-state index in [1.807, 2.05) is 0 Å². The minimum atomic E-state index is -0.768. The second kappa shape index (κ2) is 28.2. The van der Waals surface area contributed by atoms with Crippen molar-refractivity contribution in [2.45, 2.75) is 161 Å². The zero-order chi connectivity index (χ0) is 30.4. The molecule has 0 aromatic rings. The fourth-order valence-corrected chi connectivity index (χ4v) is 5.71. The Morgan fingerprint density at radius 2 is 0.732 bits per heavy atom. The number of aliphatic carboxylic acids is 3. The Morgan fingerprint density at radius 1 is 0.439 bits per heavy atom. The summed E-state index contributed by atoms with van der Waals surface area (Å²) in [5.41, 5.74) is 0. The molecular formula is C34H64NO6+. The molecule has 0 heterocycles. The summed E-state index contributed by atoms with van der Waals surface area (Å²) in [6.45, 7) is 5.94. The number of nitrogens with zero attached hydrogens (tertiary/aromatic N) is 1. The third kappa shape index (κ3) is 28.0. The van der Waals surface area contributed by atoms with E-state index < -0.39 is 17.9 Å². The Bertz CT molecular complexity index is 623. The van der Waals surface area contributed by atoms with Gasteiger partial charge in [-0.2, -0.15) is 0 Å². The second-order valence-electron chi connectivity index (χ2n) is 12.1. The first-order valence-electron chi connectivity index (χ1n) is 17.0. The van der Waals surface area contributed by atoms with E-state index in [9.17, 15) is 14.4 Å². The van der Waals surface area contributed by atoms with Gasteiger partial charge in [-0.1, -0.05) is 76.9 Å². The number of quaternary nitrogens is 1. The van der Waals surface area contributed by atoms with E-state index in [0.717, 1.165) is 56.3 Å². The van der Waals surface area contributed by atoms with Gasteiger partial charge in [0.25, 0.3) is 0 Å². The Labute approximate surface area is 251 Å². The van der Waals surface area contributed by atoms with Gasteiger partial charge in [-0.3, -0.25) is 14.4 Å². The van der Waals surface area contributed by atoms with Crippen LogP contribution in [0.1, 0.15) is 161 Å². The van der Waals surface area contributed by atoms with Crippen LogP contribution in [0.3, 0.4) is 0 Å². The molecule has 7 heteroatoms. The van der Waals surface area contributed by atoms with Crippen molar-refractivity contribution in [3.63, 3.8) is 0 Å². The molecule has 240 valence electrons. The summed E-state index contributed by atoms with van der Waals surface area (Å²) in [5, 5.41) is 27.1. The largest absolute Gasteiger partial charge is 0.481 e. The van der Waals surface area contributed by atoms with Crippen molar-refractivity contribution >= 4 is 17.9 Å². The minimum Gasteiger partial charge on any atom is -0.481 e. The molecular weight excluding hydrogens is 518 g/mol. The Balaban J connectivity index is 4.40. The minimum absolute atomic E-state index is 0.174. The van der Waals surface area contributed by atoms with Crippen molar-refractivity contribution in [2.24, 2.45) is 0 Å². The molecule has 0 saturated carbocycles. The first-order chi connectivity index (χ1) is 19.8. The van der Waals surface area contributed by atoms with E-state index in [2.05, 4.69) is 19.1 Å². The Morgan fingerprint density at radius 3 is 1.07 bits per heavy atom. The monoisotopic (exact) mass is 582 g/mol. The number of hydrogen-bond donors (Lipinski definition) is 3. The van der Waals surface area contributed by atoms with Gasteiger partial charge >= 0.3 is 17.9 Å². The number of hydrogen-bond acceptors (Lipinski definition) is 3. The van der Waals surface area contributed by atoms with E-state index in [-0.39, 0.29) is 19.3 Å². The fraction of sp³-hybridized carbons (Fsp3) is 0.853. The summed E-state index contributed by atoms with van der Waals surface area (Å²) in [6.07, 6.45) is 28.9. The van der Waals surface area contributed by atoms with Crippen LogP contribution in [-0.4, -0.2) is 63.9 Å². The number of rotatable bonds is 32. The van der Waals surface area contributed by atoms with E-state index in [1.165, 1.54) is 89.9 Å². The number of carbonyl (C=O) groups is 3. The zero-order valence-corrected chi connectivity index (χ0v) is 26.5. The van der Waals surface area contributed by atoms with Crippen LogP contribution in [0.4, 0.5) is 0 Å². The molecule has 3 N–H and O–H groups in total. The third-order valence-electron chi connectivity index (χ3n) is 8.21. The van der Waals surface area contributed by atoms with Crippen LogP contribution in [0.5, 0.6) is 0 Å². The van der Waals surface area contributed by atoms with Gasteiger partial charge in [0.2, 0.25) is 0 Å². The van der Waals surface area contributed by atoms with E-state index in [1.54, 1.807) is 0 Å². The summed E-state index contributed by atoms with van der Waals surface area (Å²) in [4.78, 5) is 33.0. The molecule has 0 rings (SSSR count). The molecule has 0 unspecified atom stereocenters. The van der Waals surface area contributed by atoms with Crippen molar-refractivity contribution in [1.82, 2.24) is 0 Å². The summed E-state index contributed by atoms with van der Waals surface area (Å²) in [5.74, 6) is -2.30. The summed E-state index contributed by atoms with van der Waals surface area (Å²) >= 11 is 0. The standard InChI is InChI=1S/C34H63NO6/c1-2-3-4-5-6-7-8-9-10-11-12-13-14-15-16-17-21-28-35(29-22-18-25-32(36)37,30-23-19-26-33(38)39)31-24-20-27-34(40)41/h8-9H,2-7,10-31H2,1H3,(H2-,36,37,38,39,40,41)/p+1/b9-8+. The molecule has 0 amide bonds. The Kier molecular flexibility index (Phi) is 26.9. The first kappa shape index (κ1) is 39.1. The highest BCUT2D eigenvalue weighted by Gasteiger charge is 2.26. The van der Waals surface area contributed by atoms with E-state index >= 15 is 0 Å². The number of carboxylic acids is 3. The summed E-state index contributed by atoms with van der Waals surface area (Å²) in [6, 6.07) is 0. The molecule has 0 aliphatic heterocycles. The van der Waals surface area contributed by atoms with Crippen LogP contribution < -0.4 is 0 Å². The summed E-state index contributed by atoms with van der Waals surface area (Å²) < 4.78 is 0.866. The molecule has 0 aliphatic carbocycles. The predicted molar refractivity (Wildman–Crippen MR) is 168 cm³/mol. The lowest BCUT2D eigenvalue weighted by molar-refractivity contribution is -0.929. The quantitative estimate of drug-likeness (QED) is 0.0414. The number of carboxylic acid groups (broad SMARTS) is 3. The van der Waals surface area contributed by atoms with Gasteiger partial charge in [-0.15, -0.1) is 0 Å². The van der Waals surface area contributed by atoms with Gasteiger partial charge in [0.15, 0.2) is 0 Å². The highest BCUT2D eigenvalue weighted by Crippen LogP contribution is 2.20. The lowest BCUT2D eigenvalue weighted by Gasteiger charge is -2.39. The summed E-state index contributed by atoms with van der Waals surface area (Å²) in [7, 11) is 0. The van der Waals surface area contributed by atoms with Gasteiger partial charge in [-0.05, 0) is 77.0 Å². The normalized spacial score (nSPS) is 11.8. The molecule has 0 bridgehead atoms. The second-order valence-corrected chi connectivity index (χ2v) is 12.1. The molecule has 0 aromatic carbocycles. The lowest BCUT2D eigenvalue weighted by atomic mass is 10.0. The smallest absolute Gasteiger partial charge is 0.303 e. The highest BCUT2D eigenvalue weighted by molar-refractivity contribution is 5.67. The SMILES string of the molecule is CCCCCCC/C=C/CCCCCCCCCC[N+](CCCCC(=O)O)(CCCCC(=O)O)CCCCC(=O)O. The van der Waals surface area contributed by atoms with Gasteiger partial charge < -0.3 is 19.8 Å². The molecule has 0 spiro atoms. The Hall–Kier alpha value is -1.89. The molecule has 0 radical (unpaired) electrons. The predicted octanol–water partition coefficient (Wildman–Crippen LogP) is 9.00. The average Bonchev–Trinajstić information content (AvgIpc) is 2.93. The molecule has 7 nitrogen and oxygen atoms in total. The van der Waals surface area contributed by atoms with Crippen molar-refractivity contribution in [2.75, 3.05) is 26.2 Å². The maximum absolute atomic E-state index is 11.0. The molecule has 0 aliphatic rings. The van der Waals surface area contributed by atoms with Crippen LogP contribution in [0, 0.1) is 0 Å². The van der Waals surface area contributed by atoms with Gasteiger partial charge in [0.05, 0.1) is 26.2 Å². The topological polar surface area (TPSA) is 112 Å². The van der Waals surface area contributed by atoms with Crippen molar-refractivity contribution in [3.05, 3.63) is 12.2 Å². The molecule has 0 saturated heterocycles. The van der Waals surface area contributed by atoms with Crippen molar-refractivity contribution < 1.29 is 34.2 Å². The highest BCUT2D eigenvalue weighted by atomic mass is 16.4. The molecule has 0 atom stereocenters. The van der Waals surface area contributed by atoms with Crippen LogP contribution in [0.15, 0.2) is 12.2 Å².